The first-order chi connectivity index (χ1) is 14.0. The van der Waals surface area contributed by atoms with E-state index in [1.54, 1.807) is 16.8 Å². The molecule has 2 aliphatic carbocycles. The van der Waals surface area contributed by atoms with Gasteiger partial charge in [0.2, 0.25) is 15.0 Å². The van der Waals surface area contributed by atoms with Crippen molar-refractivity contribution >= 4 is 27.2 Å². The molecule has 1 aromatic heterocycles. The van der Waals surface area contributed by atoms with Crippen LogP contribution in [-0.4, -0.2) is 40.1 Å². The van der Waals surface area contributed by atoms with Crippen LogP contribution in [0.1, 0.15) is 36.9 Å². The number of hydrogen-bond acceptors (Lipinski definition) is 4. The van der Waals surface area contributed by atoms with Gasteiger partial charge in [0.25, 0.3) is 0 Å². The molecule has 0 amide bonds. The Morgan fingerprint density at radius 3 is 2.62 bits per heavy atom. The van der Waals surface area contributed by atoms with E-state index in [1.165, 1.54) is 0 Å². The second-order valence-corrected chi connectivity index (χ2v) is 10.0. The van der Waals surface area contributed by atoms with E-state index in [0.717, 1.165) is 42.1 Å². The molecule has 1 heterocycles. The summed E-state index contributed by atoms with van der Waals surface area (Å²) in [5, 5.41) is 4.26. The number of sulfone groups is 1. The zero-order valence-corrected chi connectivity index (χ0v) is 18.0. The lowest BCUT2D eigenvalue weighted by Gasteiger charge is -2.26. The summed E-state index contributed by atoms with van der Waals surface area (Å²) in [5.74, 6) is -0.0740. The first-order valence-electron chi connectivity index (χ1n) is 9.97. The predicted octanol–water partition coefficient (Wildman–Crippen LogP) is 3.04. The first-order valence-corrected chi connectivity index (χ1v) is 12.0. The molecule has 8 heteroatoms. The summed E-state index contributed by atoms with van der Waals surface area (Å²) in [6, 6.07) is 10.1. The Kier molecular flexibility index (Phi) is 5.74. The highest BCUT2D eigenvalue weighted by molar-refractivity contribution is 7.90. The van der Waals surface area contributed by atoms with Crippen LogP contribution in [0.25, 0.3) is 0 Å². The van der Waals surface area contributed by atoms with Gasteiger partial charge in [0.1, 0.15) is 0 Å². The normalized spacial score (nSPS) is 16.4. The van der Waals surface area contributed by atoms with Crippen molar-refractivity contribution in [1.29, 1.82) is 0 Å². The van der Waals surface area contributed by atoms with Gasteiger partial charge in [0.05, 0.1) is 24.2 Å². The molecule has 0 atom stereocenters. The van der Waals surface area contributed by atoms with Crippen LogP contribution >= 0.6 is 12.2 Å². The third kappa shape index (κ3) is 4.87. The Labute approximate surface area is 177 Å². The van der Waals surface area contributed by atoms with Crippen molar-refractivity contribution in [3.05, 3.63) is 60.4 Å². The molecule has 1 N–H and O–H groups in total. The van der Waals surface area contributed by atoms with E-state index in [2.05, 4.69) is 21.8 Å². The van der Waals surface area contributed by atoms with Gasteiger partial charge in [-0.3, -0.25) is 0 Å². The lowest BCUT2D eigenvalue weighted by molar-refractivity contribution is 0.381. The summed E-state index contributed by atoms with van der Waals surface area (Å²) in [5.41, 5.74) is 1.58. The van der Waals surface area contributed by atoms with E-state index >= 15 is 0 Å². The van der Waals surface area contributed by atoms with E-state index in [1.807, 2.05) is 30.3 Å². The van der Waals surface area contributed by atoms with Crippen LogP contribution in [-0.2, 0) is 28.7 Å². The second kappa shape index (κ2) is 8.28. The van der Waals surface area contributed by atoms with Gasteiger partial charge in [-0.15, -0.1) is 6.58 Å². The number of nitrogens with zero attached hydrogens (tertiary/aromatic N) is 3. The monoisotopic (exact) mass is 430 g/mol. The quantitative estimate of drug-likeness (QED) is 0.487. The van der Waals surface area contributed by atoms with Gasteiger partial charge in [0, 0.05) is 18.6 Å². The van der Waals surface area contributed by atoms with Crippen molar-refractivity contribution < 1.29 is 8.42 Å². The average Bonchev–Trinajstić information content (AvgIpc) is 3.61. The number of aromatic nitrogens is 2. The lowest BCUT2D eigenvalue weighted by atomic mass is 10.2. The third-order valence-electron chi connectivity index (χ3n) is 5.18. The Balaban J connectivity index is 1.58. The van der Waals surface area contributed by atoms with Crippen LogP contribution in [0.2, 0.25) is 0 Å². The molecule has 0 radical (unpaired) electrons. The molecule has 2 aliphatic rings. The molecule has 29 heavy (non-hydrogen) atoms. The van der Waals surface area contributed by atoms with E-state index in [-0.39, 0.29) is 10.9 Å². The topological polar surface area (TPSA) is 67.2 Å². The Hall–Kier alpha value is -2.19. The highest BCUT2D eigenvalue weighted by Gasteiger charge is 2.34. The van der Waals surface area contributed by atoms with Gasteiger partial charge in [-0.1, -0.05) is 36.4 Å². The third-order valence-corrected chi connectivity index (χ3v) is 7.12. The molecule has 154 valence electrons. The number of allylic oxidation sites excluding steroid dienone is 1. The molecule has 0 spiro atoms. The van der Waals surface area contributed by atoms with Crippen molar-refractivity contribution in [3.8, 4) is 0 Å². The molecule has 1 aromatic carbocycles. The number of imidazole rings is 1. The summed E-state index contributed by atoms with van der Waals surface area (Å²) in [6.45, 7) is 4.73. The van der Waals surface area contributed by atoms with E-state index < -0.39 is 9.84 Å². The maximum Gasteiger partial charge on any atom is 0.228 e. The zero-order valence-electron chi connectivity index (χ0n) is 16.3. The van der Waals surface area contributed by atoms with Crippen LogP contribution < -0.4 is 5.32 Å². The molecular weight excluding hydrogens is 404 g/mol. The molecule has 0 unspecified atom stereocenters. The second-order valence-electron chi connectivity index (χ2n) is 7.76. The smallest absolute Gasteiger partial charge is 0.228 e. The minimum absolute atomic E-state index is 0.0740. The number of benzene rings is 1. The maximum atomic E-state index is 13.1. The van der Waals surface area contributed by atoms with Crippen molar-refractivity contribution in [1.82, 2.24) is 19.8 Å². The van der Waals surface area contributed by atoms with Gasteiger partial charge in [-0.05, 0) is 43.5 Å². The van der Waals surface area contributed by atoms with Crippen LogP contribution in [0.3, 0.4) is 0 Å². The van der Waals surface area contributed by atoms with Crippen LogP contribution in [0.5, 0.6) is 0 Å². The average molecular weight is 431 g/mol. The molecule has 0 saturated heterocycles. The van der Waals surface area contributed by atoms with Crippen molar-refractivity contribution in [2.45, 2.75) is 61.8 Å². The van der Waals surface area contributed by atoms with Gasteiger partial charge in [0.15, 0.2) is 5.11 Å². The van der Waals surface area contributed by atoms with Crippen molar-refractivity contribution in [2.75, 3.05) is 0 Å². The molecular formula is C21H26N4O2S2. The molecule has 0 bridgehead atoms. The Morgan fingerprint density at radius 1 is 1.28 bits per heavy atom. The fraction of sp³-hybridized carbons (Fsp3) is 0.429. The number of rotatable bonds is 9. The Bertz CT molecular complexity index is 993. The minimum atomic E-state index is -3.58. The summed E-state index contributed by atoms with van der Waals surface area (Å²) in [4.78, 5) is 6.48. The van der Waals surface area contributed by atoms with Gasteiger partial charge in [-0.25, -0.2) is 13.4 Å². The maximum absolute atomic E-state index is 13.1. The zero-order chi connectivity index (χ0) is 20.4. The standard InChI is InChI=1S/C21H26N4O2S2/c1-2-12-24-19(14-25(18-10-11-18)20(28)23-17-8-9-17)13-22-21(24)29(26,27)15-16-6-4-3-5-7-16/h2-7,13,17-18H,1,8-12,14-15H2,(H,23,28). The summed E-state index contributed by atoms with van der Waals surface area (Å²) in [6.07, 6.45) is 7.91. The Morgan fingerprint density at radius 2 is 2.00 bits per heavy atom. The summed E-state index contributed by atoms with van der Waals surface area (Å²) < 4.78 is 27.9. The molecule has 4 rings (SSSR count). The highest BCUT2D eigenvalue weighted by atomic mass is 32.2. The SMILES string of the molecule is C=CCn1c(CN(C(=S)NC2CC2)C2CC2)cnc1S(=O)(=O)Cc1ccccc1. The molecule has 2 aromatic rings. The largest absolute Gasteiger partial charge is 0.360 e. The van der Waals surface area contributed by atoms with Gasteiger partial charge in [-0.2, -0.15) is 0 Å². The van der Waals surface area contributed by atoms with Crippen molar-refractivity contribution in [3.63, 3.8) is 0 Å². The van der Waals surface area contributed by atoms with Crippen LogP contribution in [0.4, 0.5) is 0 Å². The summed E-state index contributed by atoms with van der Waals surface area (Å²) >= 11 is 5.63. The minimum Gasteiger partial charge on any atom is -0.360 e. The number of nitrogens with one attached hydrogen (secondary N) is 1. The van der Waals surface area contributed by atoms with E-state index in [9.17, 15) is 8.42 Å². The molecule has 6 nitrogen and oxygen atoms in total. The fourth-order valence-corrected chi connectivity index (χ4v) is 5.24. The van der Waals surface area contributed by atoms with Gasteiger partial charge < -0.3 is 14.8 Å². The van der Waals surface area contributed by atoms with Crippen LogP contribution in [0.15, 0.2) is 54.3 Å². The van der Waals surface area contributed by atoms with Gasteiger partial charge >= 0.3 is 0 Å². The first kappa shape index (κ1) is 20.1. The van der Waals surface area contributed by atoms with E-state index in [0.29, 0.717) is 25.2 Å². The lowest BCUT2D eigenvalue weighted by Crippen LogP contribution is -2.42. The molecule has 0 aliphatic heterocycles. The molecule has 2 saturated carbocycles. The highest BCUT2D eigenvalue weighted by Crippen LogP contribution is 2.30. The molecule has 2 fully saturated rings. The fourth-order valence-electron chi connectivity index (χ4n) is 3.36. The summed E-state index contributed by atoms with van der Waals surface area (Å²) in [7, 11) is -3.58. The van der Waals surface area contributed by atoms with E-state index in [4.69, 9.17) is 12.2 Å². The van der Waals surface area contributed by atoms with Crippen molar-refractivity contribution in [2.24, 2.45) is 0 Å². The number of hydrogen-bond donors (Lipinski definition) is 1. The number of thiocarbonyl (C=S) groups is 1. The predicted molar refractivity (Wildman–Crippen MR) is 117 cm³/mol. The van der Waals surface area contributed by atoms with Crippen LogP contribution in [0, 0.1) is 0 Å².